The fourth-order valence-corrected chi connectivity index (χ4v) is 2.19. The number of hydrogen-bond donors (Lipinski definition) is 0. The highest BCUT2D eigenvalue weighted by Crippen LogP contribution is 2.27. The van der Waals surface area contributed by atoms with Gasteiger partial charge in [-0.1, -0.05) is 36.2 Å². The second-order valence-electron chi connectivity index (χ2n) is 4.67. The average Bonchev–Trinajstić information content (AvgIpc) is 2.48. The number of benzene rings is 2. The van der Waals surface area contributed by atoms with Crippen LogP contribution in [-0.4, -0.2) is 12.8 Å². The van der Waals surface area contributed by atoms with E-state index in [0.717, 1.165) is 29.0 Å². The van der Waals surface area contributed by atoms with Gasteiger partial charge in [0.1, 0.15) is 5.75 Å². The van der Waals surface area contributed by atoms with Crippen molar-refractivity contribution in [3.8, 4) is 5.75 Å². The van der Waals surface area contributed by atoms with Crippen LogP contribution in [0, 0.1) is 6.92 Å². The second-order valence-corrected chi connectivity index (χ2v) is 5.52. The molecular weight excluding hydrogens is 305 g/mol. The first-order valence-electron chi connectivity index (χ1n) is 6.83. The van der Waals surface area contributed by atoms with Gasteiger partial charge in [-0.25, -0.2) is 0 Å². The van der Waals surface area contributed by atoms with Crippen LogP contribution in [0.3, 0.4) is 0 Å². The predicted octanol–water partition coefficient (Wildman–Crippen LogP) is 5.84. The molecule has 110 valence electrons. The molecule has 0 aliphatic heterocycles. The van der Waals surface area contributed by atoms with E-state index in [9.17, 15) is 0 Å². The van der Waals surface area contributed by atoms with Gasteiger partial charge in [-0.2, -0.15) is 0 Å². The number of hydrogen-bond acceptors (Lipinski definition) is 2. The Kier molecular flexibility index (Phi) is 5.66. The molecule has 0 bridgehead atoms. The summed E-state index contributed by atoms with van der Waals surface area (Å²) in [6.07, 6.45) is 2.71. The molecule has 0 spiro atoms. The Balaban J connectivity index is 2.31. The lowest BCUT2D eigenvalue weighted by Crippen LogP contribution is -1.98. The van der Waals surface area contributed by atoms with Crippen molar-refractivity contribution in [3.05, 3.63) is 57.6 Å². The van der Waals surface area contributed by atoms with Crippen molar-refractivity contribution in [2.75, 3.05) is 6.61 Å². The van der Waals surface area contributed by atoms with E-state index in [2.05, 4.69) is 11.9 Å². The number of aliphatic imine (C=N–C) groups is 1. The van der Waals surface area contributed by atoms with Crippen LogP contribution in [0.1, 0.15) is 24.5 Å². The Labute approximate surface area is 135 Å². The Bertz CT molecular complexity index is 653. The van der Waals surface area contributed by atoms with Gasteiger partial charge in [0, 0.05) is 21.8 Å². The molecule has 2 aromatic rings. The summed E-state index contributed by atoms with van der Waals surface area (Å²) in [5, 5.41) is 1.36. The molecule has 2 rings (SSSR count). The molecule has 0 atom stereocenters. The molecular formula is C17H17Cl2NO. The fraction of sp³-hybridized carbons (Fsp3) is 0.235. The lowest BCUT2D eigenvalue weighted by atomic mass is 10.2. The van der Waals surface area contributed by atoms with E-state index in [0.29, 0.717) is 16.7 Å². The lowest BCUT2D eigenvalue weighted by molar-refractivity contribution is 0.317. The largest absolute Gasteiger partial charge is 0.493 e. The third kappa shape index (κ3) is 4.23. The first-order valence-corrected chi connectivity index (χ1v) is 7.59. The molecule has 0 saturated carbocycles. The van der Waals surface area contributed by atoms with Crippen molar-refractivity contribution in [2.24, 2.45) is 4.99 Å². The molecule has 2 aromatic carbocycles. The molecule has 0 heterocycles. The molecule has 0 N–H and O–H groups in total. The Hall–Kier alpha value is -1.51. The summed E-state index contributed by atoms with van der Waals surface area (Å²) in [4.78, 5) is 4.50. The van der Waals surface area contributed by atoms with Crippen LogP contribution < -0.4 is 4.74 Å². The van der Waals surface area contributed by atoms with Crippen LogP contribution in [0.2, 0.25) is 10.0 Å². The zero-order valence-corrected chi connectivity index (χ0v) is 13.6. The Morgan fingerprint density at radius 1 is 1.19 bits per heavy atom. The zero-order valence-electron chi connectivity index (χ0n) is 12.1. The van der Waals surface area contributed by atoms with Crippen molar-refractivity contribution in [1.29, 1.82) is 0 Å². The van der Waals surface area contributed by atoms with Crippen molar-refractivity contribution < 1.29 is 4.74 Å². The molecule has 4 heteroatoms. The van der Waals surface area contributed by atoms with Gasteiger partial charge in [-0.05, 0) is 49.2 Å². The zero-order chi connectivity index (χ0) is 15.2. The third-order valence-corrected chi connectivity index (χ3v) is 3.66. The van der Waals surface area contributed by atoms with Crippen molar-refractivity contribution in [3.63, 3.8) is 0 Å². The van der Waals surface area contributed by atoms with Gasteiger partial charge in [0.2, 0.25) is 0 Å². The Morgan fingerprint density at radius 2 is 2.00 bits per heavy atom. The summed E-state index contributed by atoms with van der Waals surface area (Å²) in [6, 6.07) is 11.2. The maximum atomic E-state index is 6.10. The molecule has 0 aromatic heterocycles. The average molecular weight is 322 g/mol. The van der Waals surface area contributed by atoms with E-state index in [-0.39, 0.29) is 0 Å². The van der Waals surface area contributed by atoms with Gasteiger partial charge >= 0.3 is 0 Å². The molecule has 0 aliphatic rings. The van der Waals surface area contributed by atoms with Crippen molar-refractivity contribution in [1.82, 2.24) is 0 Å². The van der Waals surface area contributed by atoms with E-state index in [1.807, 2.05) is 43.3 Å². The molecule has 0 saturated heterocycles. The lowest BCUT2D eigenvalue weighted by Gasteiger charge is -2.08. The second kappa shape index (κ2) is 7.48. The van der Waals surface area contributed by atoms with E-state index in [1.54, 1.807) is 6.21 Å². The van der Waals surface area contributed by atoms with E-state index >= 15 is 0 Å². The highest BCUT2D eigenvalue weighted by atomic mass is 35.5. The fourth-order valence-electron chi connectivity index (χ4n) is 1.84. The van der Waals surface area contributed by atoms with Crippen LogP contribution in [0.4, 0.5) is 5.69 Å². The summed E-state index contributed by atoms with van der Waals surface area (Å²) in [6.45, 7) is 4.68. The standard InChI is InChI=1S/C17H17Cl2NO/c1-3-9-21-17-8-7-14(18)10-13(17)11-20-16-6-4-5-15(19)12(16)2/h4-8,10-11H,3,9H2,1-2H3. The predicted molar refractivity (Wildman–Crippen MR) is 90.7 cm³/mol. The van der Waals surface area contributed by atoms with Crippen LogP contribution in [0.15, 0.2) is 41.4 Å². The molecule has 0 fully saturated rings. The minimum Gasteiger partial charge on any atom is -0.493 e. The number of ether oxygens (including phenoxy) is 1. The molecule has 0 radical (unpaired) electrons. The SMILES string of the molecule is CCCOc1ccc(Cl)cc1C=Nc1cccc(Cl)c1C. The topological polar surface area (TPSA) is 21.6 Å². The van der Waals surface area contributed by atoms with Crippen LogP contribution in [0.25, 0.3) is 0 Å². The number of halogens is 2. The molecule has 21 heavy (non-hydrogen) atoms. The summed E-state index contributed by atoms with van der Waals surface area (Å²) < 4.78 is 5.71. The van der Waals surface area contributed by atoms with Crippen molar-refractivity contribution in [2.45, 2.75) is 20.3 Å². The quantitative estimate of drug-likeness (QED) is 0.634. The minimum atomic E-state index is 0.656. The summed E-state index contributed by atoms with van der Waals surface area (Å²) >= 11 is 12.2. The minimum absolute atomic E-state index is 0.656. The van der Waals surface area contributed by atoms with E-state index in [4.69, 9.17) is 27.9 Å². The molecule has 0 aliphatic carbocycles. The normalized spacial score (nSPS) is 11.0. The molecule has 0 unspecified atom stereocenters. The van der Waals surface area contributed by atoms with Gasteiger partial charge in [0.25, 0.3) is 0 Å². The highest BCUT2D eigenvalue weighted by Gasteiger charge is 2.04. The summed E-state index contributed by atoms with van der Waals surface area (Å²) in [5.41, 5.74) is 2.65. The van der Waals surface area contributed by atoms with Crippen LogP contribution in [0.5, 0.6) is 5.75 Å². The summed E-state index contributed by atoms with van der Waals surface area (Å²) in [5.74, 6) is 0.782. The van der Waals surface area contributed by atoms with Crippen molar-refractivity contribution >= 4 is 35.1 Å². The summed E-state index contributed by atoms with van der Waals surface area (Å²) in [7, 11) is 0. The van der Waals surface area contributed by atoms with Gasteiger partial charge in [0.05, 0.1) is 12.3 Å². The molecule has 0 amide bonds. The molecule has 2 nitrogen and oxygen atoms in total. The highest BCUT2D eigenvalue weighted by molar-refractivity contribution is 6.31. The van der Waals surface area contributed by atoms with Gasteiger partial charge in [-0.15, -0.1) is 0 Å². The van der Waals surface area contributed by atoms with E-state index < -0.39 is 0 Å². The maximum Gasteiger partial charge on any atom is 0.128 e. The monoisotopic (exact) mass is 321 g/mol. The maximum absolute atomic E-state index is 6.10. The number of rotatable bonds is 5. The van der Waals surface area contributed by atoms with Gasteiger partial charge in [-0.3, -0.25) is 4.99 Å². The van der Waals surface area contributed by atoms with Gasteiger partial charge in [0.15, 0.2) is 0 Å². The first-order chi connectivity index (χ1) is 10.1. The van der Waals surface area contributed by atoms with Crippen LogP contribution >= 0.6 is 23.2 Å². The first kappa shape index (κ1) is 15.9. The Morgan fingerprint density at radius 3 is 2.76 bits per heavy atom. The van der Waals surface area contributed by atoms with Gasteiger partial charge < -0.3 is 4.74 Å². The number of nitrogens with zero attached hydrogens (tertiary/aromatic N) is 1. The van der Waals surface area contributed by atoms with E-state index in [1.165, 1.54) is 0 Å². The smallest absolute Gasteiger partial charge is 0.128 e. The third-order valence-electron chi connectivity index (χ3n) is 3.02. The van der Waals surface area contributed by atoms with Crippen LogP contribution in [-0.2, 0) is 0 Å².